The molecule has 0 bridgehead atoms. The van der Waals surface area contributed by atoms with Gasteiger partial charge in [0.1, 0.15) is 17.9 Å². The van der Waals surface area contributed by atoms with Crippen molar-refractivity contribution in [3.8, 4) is 22.7 Å². The zero-order valence-corrected chi connectivity index (χ0v) is 17.9. The minimum Gasteiger partial charge on any atom is -0.497 e. The summed E-state index contributed by atoms with van der Waals surface area (Å²) in [5.41, 5.74) is 5.30. The fourth-order valence-corrected chi connectivity index (χ4v) is 3.73. The van der Waals surface area contributed by atoms with Crippen LogP contribution in [0.2, 0.25) is 0 Å². The first-order valence-corrected chi connectivity index (χ1v) is 10.5. The molecule has 0 fully saturated rings. The molecule has 0 amide bonds. The van der Waals surface area contributed by atoms with Gasteiger partial charge < -0.3 is 10.1 Å². The molecule has 2 aromatic heterocycles. The molecule has 3 aromatic carbocycles. The van der Waals surface area contributed by atoms with E-state index in [9.17, 15) is 0 Å². The van der Waals surface area contributed by atoms with Gasteiger partial charge in [-0.1, -0.05) is 48.5 Å². The lowest BCUT2D eigenvalue weighted by atomic mass is 10.1. The Hall–Kier alpha value is -4.19. The Morgan fingerprint density at radius 3 is 2.44 bits per heavy atom. The Morgan fingerprint density at radius 2 is 1.66 bits per heavy atom. The lowest BCUT2D eigenvalue weighted by Crippen LogP contribution is -2.10. The Kier molecular flexibility index (Phi) is 5.25. The molecule has 6 nitrogen and oxygen atoms in total. The summed E-state index contributed by atoms with van der Waals surface area (Å²) in [7, 11) is 1.67. The lowest BCUT2D eigenvalue weighted by molar-refractivity contribution is 0.415. The molecular formula is C26H23N5O. The molecule has 5 rings (SSSR count). The molecule has 32 heavy (non-hydrogen) atoms. The van der Waals surface area contributed by atoms with Crippen LogP contribution in [-0.2, 0) is 0 Å². The van der Waals surface area contributed by atoms with E-state index in [1.54, 1.807) is 19.6 Å². The molecule has 0 saturated heterocycles. The van der Waals surface area contributed by atoms with E-state index < -0.39 is 0 Å². The molecule has 1 N–H and O–H groups in total. The highest BCUT2D eigenvalue weighted by Gasteiger charge is 2.11. The average Bonchev–Trinajstić information content (AvgIpc) is 3.28. The number of hydrogen-bond acceptors (Lipinski definition) is 5. The standard InChI is InChI=1S/C26H23N5O/c1-18(19-6-4-3-5-7-19)29-26-27-15-14-25(30-26)31-17-28-23-16-21(10-13-24(23)31)20-8-11-22(32-2)12-9-20/h3-18H,1-2H3,(H,27,29,30). The summed E-state index contributed by atoms with van der Waals surface area (Å²) in [5.74, 6) is 2.19. The first kappa shape index (κ1) is 19.8. The number of rotatable bonds is 6. The molecule has 1 unspecified atom stereocenters. The van der Waals surface area contributed by atoms with E-state index in [0.29, 0.717) is 5.95 Å². The van der Waals surface area contributed by atoms with Crippen molar-refractivity contribution in [2.75, 3.05) is 12.4 Å². The van der Waals surface area contributed by atoms with Crippen LogP contribution in [0, 0.1) is 0 Å². The third-order valence-corrected chi connectivity index (χ3v) is 5.50. The Morgan fingerprint density at radius 1 is 0.875 bits per heavy atom. The molecule has 0 aliphatic rings. The molecule has 6 heteroatoms. The molecule has 0 aliphatic heterocycles. The predicted octanol–water partition coefficient (Wildman–Crippen LogP) is 5.66. The van der Waals surface area contributed by atoms with Crippen molar-refractivity contribution in [2.24, 2.45) is 0 Å². The summed E-state index contributed by atoms with van der Waals surface area (Å²) >= 11 is 0. The third kappa shape index (κ3) is 3.90. The van der Waals surface area contributed by atoms with Crippen molar-refractivity contribution in [1.82, 2.24) is 19.5 Å². The van der Waals surface area contributed by atoms with Gasteiger partial charge in [-0.3, -0.25) is 4.57 Å². The fourth-order valence-electron chi connectivity index (χ4n) is 3.73. The Balaban J connectivity index is 1.43. The number of hydrogen-bond donors (Lipinski definition) is 1. The average molecular weight is 422 g/mol. The number of nitrogens with one attached hydrogen (secondary N) is 1. The maximum atomic E-state index is 5.25. The SMILES string of the molecule is COc1ccc(-c2ccc3c(c2)ncn3-c2ccnc(NC(C)c3ccccc3)n2)cc1. The van der Waals surface area contributed by atoms with Gasteiger partial charge in [0.15, 0.2) is 0 Å². The topological polar surface area (TPSA) is 64.9 Å². The summed E-state index contributed by atoms with van der Waals surface area (Å²) in [6.45, 7) is 2.10. The van der Waals surface area contributed by atoms with E-state index in [-0.39, 0.29) is 6.04 Å². The number of aromatic nitrogens is 4. The van der Waals surface area contributed by atoms with E-state index in [1.807, 2.05) is 53.1 Å². The zero-order valence-electron chi connectivity index (χ0n) is 17.9. The Bertz CT molecular complexity index is 1350. The van der Waals surface area contributed by atoms with Gasteiger partial charge in [-0.2, -0.15) is 4.98 Å². The number of methoxy groups -OCH3 is 1. The van der Waals surface area contributed by atoms with Crippen LogP contribution in [0.3, 0.4) is 0 Å². The van der Waals surface area contributed by atoms with Crippen LogP contribution in [-0.4, -0.2) is 26.6 Å². The molecular weight excluding hydrogens is 398 g/mol. The highest BCUT2D eigenvalue weighted by atomic mass is 16.5. The van der Waals surface area contributed by atoms with Gasteiger partial charge in [0.2, 0.25) is 5.95 Å². The quantitative estimate of drug-likeness (QED) is 0.383. The molecule has 2 heterocycles. The summed E-state index contributed by atoms with van der Waals surface area (Å²) < 4.78 is 7.23. The van der Waals surface area contributed by atoms with Gasteiger partial charge in [-0.05, 0) is 53.9 Å². The van der Waals surface area contributed by atoms with E-state index in [2.05, 4.69) is 52.5 Å². The van der Waals surface area contributed by atoms with E-state index >= 15 is 0 Å². The second kappa shape index (κ2) is 8.51. The lowest BCUT2D eigenvalue weighted by Gasteiger charge is -2.14. The monoisotopic (exact) mass is 421 g/mol. The van der Waals surface area contributed by atoms with Crippen LogP contribution >= 0.6 is 0 Å². The molecule has 0 spiro atoms. The summed E-state index contributed by atoms with van der Waals surface area (Å²) in [4.78, 5) is 13.7. The third-order valence-electron chi connectivity index (χ3n) is 5.50. The molecule has 1 atom stereocenters. The highest BCUT2D eigenvalue weighted by Crippen LogP contribution is 2.27. The van der Waals surface area contributed by atoms with Crippen LogP contribution in [0.5, 0.6) is 5.75 Å². The molecule has 0 radical (unpaired) electrons. The number of nitrogens with zero attached hydrogens (tertiary/aromatic N) is 4. The van der Waals surface area contributed by atoms with Gasteiger partial charge in [0.25, 0.3) is 0 Å². The minimum atomic E-state index is 0.0954. The summed E-state index contributed by atoms with van der Waals surface area (Å²) in [5, 5.41) is 3.38. The number of benzene rings is 3. The van der Waals surface area contributed by atoms with Gasteiger partial charge in [-0.25, -0.2) is 9.97 Å². The number of fused-ring (bicyclic) bond motifs is 1. The van der Waals surface area contributed by atoms with Gasteiger partial charge in [0, 0.05) is 6.20 Å². The van der Waals surface area contributed by atoms with Crippen molar-refractivity contribution in [2.45, 2.75) is 13.0 Å². The van der Waals surface area contributed by atoms with Crippen molar-refractivity contribution in [1.29, 1.82) is 0 Å². The normalized spacial score (nSPS) is 11.9. The second-order valence-corrected chi connectivity index (χ2v) is 7.56. The van der Waals surface area contributed by atoms with Crippen LogP contribution < -0.4 is 10.1 Å². The molecule has 158 valence electrons. The van der Waals surface area contributed by atoms with Crippen LogP contribution in [0.1, 0.15) is 18.5 Å². The van der Waals surface area contributed by atoms with Gasteiger partial charge in [0.05, 0.1) is 24.2 Å². The summed E-state index contributed by atoms with van der Waals surface area (Å²) in [6.07, 6.45) is 3.56. The number of anilines is 1. The molecule has 0 aliphatic carbocycles. The highest BCUT2D eigenvalue weighted by molar-refractivity contribution is 5.83. The molecule has 0 saturated carbocycles. The van der Waals surface area contributed by atoms with Gasteiger partial charge in [-0.15, -0.1) is 0 Å². The van der Waals surface area contributed by atoms with Crippen LogP contribution in [0.4, 0.5) is 5.95 Å². The predicted molar refractivity (Wildman–Crippen MR) is 127 cm³/mol. The van der Waals surface area contributed by atoms with E-state index in [4.69, 9.17) is 9.72 Å². The van der Waals surface area contributed by atoms with Crippen molar-refractivity contribution < 1.29 is 4.74 Å². The summed E-state index contributed by atoms with van der Waals surface area (Å²) in [6, 6.07) is 26.5. The fraction of sp³-hybridized carbons (Fsp3) is 0.115. The largest absolute Gasteiger partial charge is 0.497 e. The van der Waals surface area contributed by atoms with Crippen LogP contribution in [0.15, 0.2) is 91.4 Å². The maximum absolute atomic E-state index is 5.25. The first-order valence-electron chi connectivity index (χ1n) is 10.5. The molecule has 5 aromatic rings. The second-order valence-electron chi connectivity index (χ2n) is 7.56. The minimum absolute atomic E-state index is 0.0954. The Labute approximate surface area is 186 Å². The smallest absolute Gasteiger partial charge is 0.225 e. The van der Waals surface area contributed by atoms with Gasteiger partial charge >= 0.3 is 0 Å². The van der Waals surface area contributed by atoms with Crippen molar-refractivity contribution >= 4 is 17.0 Å². The van der Waals surface area contributed by atoms with E-state index in [0.717, 1.165) is 33.7 Å². The zero-order chi connectivity index (χ0) is 21.9. The maximum Gasteiger partial charge on any atom is 0.225 e. The van der Waals surface area contributed by atoms with Crippen LogP contribution in [0.25, 0.3) is 28.0 Å². The first-order chi connectivity index (χ1) is 15.7. The number of ether oxygens (including phenoxy) is 1. The van der Waals surface area contributed by atoms with Crippen molar-refractivity contribution in [3.63, 3.8) is 0 Å². The number of imidazole rings is 1. The van der Waals surface area contributed by atoms with Crippen molar-refractivity contribution in [3.05, 3.63) is 97.0 Å². The van der Waals surface area contributed by atoms with E-state index in [1.165, 1.54) is 5.56 Å².